The minimum atomic E-state index is -3.35. The van der Waals surface area contributed by atoms with Crippen molar-refractivity contribution in [2.24, 2.45) is 4.22 Å². The molecule has 0 spiro atoms. The number of nitrogens with two attached hydrogens (primary N) is 1. The Morgan fingerprint density at radius 1 is 1.10 bits per heavy atom. The average molecular weight is 221 g/mol. The van der Waals surface area contributed by atoms with Gasteiger partial charge in [0.15, 0.2) is 0 Å². The Hall–Kier alpha value is 1.25. The summed E-state index contributed by atoms with van der Waals surface area (Å²) in [6.07, 6.45) is 2.00. The van der Waals surface area contributed by atoms with E-state index < -0.39 is 13.4 Å². The van der Waals surface area contributed by atoms with E-state index >= 15 is 0 Å². The Morgan fingerprint density at radius 3 is 1.60 bits per heavy atom. The first-order valence-electron chi connectivity index (χ1n) is 3.79. The van der Waals surface area contributed by atoms with Gasteiger partial charge in [-0.25, -0.2) is 0 Å². The van der Waals surface area contributed by atoms with E-state index in [2.05, 4.69) is 13.8 Å². The molecule has 0 fully saturated rings. The normalized spacial score (nSPS) is 16.3. The van der Waals surface area contributed by atoms with Crippen LogP contribution in [-0.4, -0.2) is 0 Å². The maximum absolute atomic E-state index is 6.13. The summed E-state index contributed by atoms with van der Waals surface area (Å²) in [7, 11) is 12.3. The van der Waals surface area contributed by atoms with Gasteiger partial charge in [-0.05, 0) is 0 Å². The van der Waals surface area contributed by atoms with Gasteiger partial charge in [0.25, 0.3) is 0 Å². The molecule has 0 heterocycles. The Bertz CT molecular complexity index is 98.1. The second kappa shape index (κ2) is 3.77. The number of halogens is 2. The van der Waals surface area contributed by atoms with Crippen molar-refractivity contribution in [1.82, 2.24) is 0 Å². The average Bonchev–Trinajstić information content (AvgIpc) is 1.61. The summed E-state index contributed by atoms with van der Waals surface area (Å²) in [6, 6.07) is 0. The van der Waals surface area contributed by atoms with Gasteiger partial charge in [0.2, 0.25) is 0 Å². The quantitative estimate of drug-likeness (QED) is 0.722. The van der Waals surface area contributed by atoms with Gasteiger partial charge >= 0.3 is 72.4 Å². The molecule has 10 heavy (non-hydrogen) atoms. The monoisotopic (exact) mass is 220 g/mol. The standard InChI is InChI=1S/2C3H7.2ClH.H2N.Ti/c2*1-3-2;;;;/h2*1,3H2,2H3;2*1H;1H2;/q;;;;-1;+3/p-2. The second-order valence-electron chi connectivity index (χ2n) is 2.98. The van der Waals surface area contributed by atoms with E-state index in [9.17, 15) is 0 Å². The van der Waals surface area contributed by atoms with E-state index in [4.69, 9.17) is 22.8 Å². The zero-order chi connectivity index (χ0) is 8.28. The van der Waals surface area contributed by atoms with E-state index in [-0.39, 0.29) is 0 Å². The van der Waals surface area contributed by atoms with E-state index in [0.717, 1.165) is 22.3 Å². The Labute approximate surface area is 72.2 Å². The molecule has 2 N–H and O–H groups in total. The van der Waals surface area contributed by atoms with Crippen LogP contribution in [0.1, 0.15) is 26.7 Å². The van der Waals surface area contributed by atoms with Gasteiger partial charge in [0.05, 0.1) is 0 Å². The molecule has 4 heteroatoms. The molecule has 0 aromatic heterocycles. The van der Waals surface area contributed by atoms with Gasteiger partial charge < -0.3 is 0 Å². The van der Waals surface area contributed by atoms with Gasteiger partial charge in [0.1, 0.15) is 0 Å². The van der Waals surface area contributed by atoms with Crippen LogP contribution in [0.3, 0.4) is 0 Å². The first-order chi connectivity index (χ1) is 4.39. The first-order valence-corrected chi connectivity index (χ1v) is 11.2. The van der Waals surface area contributed by atoms with Crippen LogP contribution in [0.4, 0.5) is 0 Å². The number of hydrogen-bond acceptors (Lipinski definition) is 1. The van der Waals surface area contributed by atoms with Crippen LogP contribution in [0.5, 0.6) is 0 Å². The molecule has 1 nitrogen and oxygen atoms in total. The third-order valence-electron chi connectivity index (χ3n) is 1.52. The topological polar surface area (TPSA) is 26.0 Å². The molecule has 0 saturated heterocycles. The van der Waals surface area contributed by atoms with Crippen molar-refractivity contribution in [3.63, 3.8) is 0 Å². The third-order valence-corrected chi connectivity index (χ3v) is 9.38. The fourth-order valence-electron chi connectivity index (χ4n) is 1.15. The van der Waals surface area contributed by atoms with Gasteiger partial charge in [-0.1, -0.05) is 0 Å². The van der Waals surface area contributed by atoms with Crippen molar-refractivity contribution in [2.45, 2.75) is 36.1 Å². The summed E-state index contributed by atoms with van der Waals surface area (Å²) in [5.74, 6) is 0. The predicted molar refractivity (Wildman–Crippen MR) is 46.1 cm³/mol. The van der Waals surface area contributed by atoms with Gasteiger partial charge in [-0.2, -0.15) is 0 Å². The van der Waals surface area contributed by atoms with Crippen LogP contribution in [0, 0.1) is 0 Å². The van der Waals surface area contributed by atoms with Crippen molar-refractivity contribution >= 4 is 18.6 Å². The molecular formula is C6H16Cl2NTi. The van der Waals surface area contributed by atoms with Crippen molar-refractivity contribution in [1.29, 1.82) is 0 Å². The molecule has 0 atom stereocenters. The minimum absolute atomic E-state index is 0.841. The van der Waals surface area contributed by atoms with Crippen molar-refractivity contribution in [2.75, 3.05) is 0 Å². The molecule has 0 unspecified atom stereocenters. The molecule has 0 aliphatic rings. The van der Waals surface area contributed by atoms with Crippen molar-refractivity contribution in [3.05, 3.63) is 0 Å². The van der Waals surface area contributed by atoms with E-state index in [0.29, 0.717) is 0 Å². The van der Waals surface area contributed by atoms with Crippen LogP contribution in [0.15, 0.2) is 0 Å². The van der Waals surface area contributed by atoms with Crippen LogP contribution < -0.4 is 4.22 Å². The fraction of sp³-hybridized carbons (Fsp3) is 1.00. The molecule has 0 rings (SSSR count). The first kappa shape index (κ1) is 11.3. The van der Waals surface area contributed by atoms with E-state index in [1.54, 1.807) is 0 Å². The van der Waals surface area contributed by atoms with Crippen LogP contribution in [0.2, 0.25) is 9.45 Å². The fourth-order valence-corrected chi connectivity index (χ4v) is 7.84. The summed E-state index contributed by atoms with van der Waals surface area (Å²) in [5, 5.41) is 0. The summed E-state index contributed by atoms with van der Waals surface area (Å²) in [4.78, 5) is 0. The Kier molecular flexibility index (Phi) is 4.25. The van der Waals surface area contributed by atoms with E-state index in [1.807, 2.05) is 0 Å². The summed E-state index contributed by atoms with van der Waals surface area (Å²) >= 11 is -3.35. The molecule has 0 aliphatic carbocycles. The Morgan fingerprint density at radius 2 is 1.40 bits per heavy atom. The van der Waals surface area contributed by atoms with Gasteiger partial charge in [-0.15, -0.1) is 0 Å². The van der Waals surface area contributed by atoms with Gasteiger partial charge in [0, 0.05) is 0 Å². The summed E-state index contributed by atoms with van der Waals surface area (Å²) < 4.78 is 7.59. The molecular weight excluding hydrogens is 205 g/mol. The molecule has 0 saturated carbocycles. The summed E-state index contributed by atoms with van der Waals surface area (Å²) in [6.45, 7) is 4.13. The van der Waals surface area contributed by atoms with Crippen LogP contribution in [0.25, 0.3) is 0 Å². The van der Waals surface area contributed by atoms with E-state index in [1.165, 1.54) is 0 Å². The molecule has 0 aliphatic heterocycles. The second-order valence-corrected chi connectivity index (χ2v) is 17.7. The Balaban J connectivity index is 3.97. The maximum atomic E-state index is 6.13. The molecule has 63 valence electrons. The molecule has 0 radical (unpaired) electrons. The molecule has 0 aromatic carbocycles. The van der Waals surface area contributed by atoms with Gasteiger partial charge in [-0.3, -0.25) is 0 Å². The SMILES string of the molecule is CC[CH2][Ti]([NH2])([Cl])([Cl])[CH2]CC. The number of rotatable bonds is 4. The zero-order valence-corrected chi connectivity index (χ0v) is 9.74. The van der Waals surface area contributed by atoms with Crippen LogP contribution in [-0.2, 0) is 13.4 Å². The van der Waals surface area contributed by atoms with Crippen molar-refractivity contribution < 1.29 is 13.4 Å². The summed E-state index contributed by atoms with van der Waals surface area (Å²) in [5.41, 5.74) is 0. The molecule has 0 bridgehead atoms. The molecule has 0 aromatic rings. The number of hydrogen-bond donors (Lipinski definition) is 1. The zero-order valence-electron chi connectivity index (χ0n) is 6.66. The van der Waals surface area contributed by atoms with Crippen molar-refractivity contribution in [3.8, 4) is 0 Å². The van der Waals surface area contributed by atoms with Crippen LogP contribution >= 0.6 is 18.6 Å². The molecule has 0 amide bonds. The third kappa shape index (κ3) is 4.98. The predicted octanol–water partition coefficient (Wildman–Crippen LogP) is 3.51.